The molecule has 0 saturated heterocycles. The van der Waals surface area contributed by atoms with Crippen LogP contribution in [-0.2, 0) is 32.7 Å². The number of anilines is 2. The van der Waals surface area contributed by atoms with Crippen molar-refractivity contribution in [3.05, 3.63) is 56.9 Å². The number of nitrogen functional groups attached to an aromatic ring is 1. The third-order valence-corrected chi connectivity index (χ3v) is 3.39. The number of carbonyl (C=O) groups excluding carboxylic acids is 1. The zero-order chi connectivity index (χ0) is 18.0. The van der Waals surface area contributed by atoms with Crippen LogP contribution in [0.5, 0.6) is 11.5 Å². The van der Waals surface area contributed by atoms with Crippen molar-refractivity contribution in [2.75, 3.05) is 11.1 Å². The first-order chi connectivity index (χ1) is 11.9. The van der Waals surface area contributed by atoms with E-state index in [-0.39, 0.29) is 65.8 Å². The van der Waals surface area contributed by atoms with E-state index in [0.717, 1.165) is 0 Å². The third-order valence-electron chi connectivity index (χ3n) is 2.82. The molecule has 1 radical (unpaired) electrons. The molecule has 0 aliphatic carbocycles. The van der Waals surface area contributed by atoms with Gasteiger partial charge in [0.25, 0.3) is 5.91 Å². The summed E-state index contributed by atoms with van der Waals surface area (Å²) < 4.78 is 9.79. The van der Waals surface area contributed by atoms with Crippen molar-refractivity contribution in [1.82, 2.24) is 15.1 Å². The van der Waals surface area contributed by atoms with Crippen LogP contribution in [0.1, 0.15) is 10.6 Å². The van der Waals surface area contributed by atoms with Crippen LogP contribution in [0.15, 0.2) is 33.7 Å². The second-order valence-corrected chi connectivity index (χ2v) is 5.42. The summed E-state index contributed by atoms with van der Waals surface area (Å²) in [5, 5.41) is 6.00. The van der Waals surface area contributed by atoms with Gasteiger partial charge < -0.3 is 15.8 Å². The van der Waals surface area contributed by atoms with Crippen molar-refractivity contribution >= 4 is 40.6 Å². The fourth-order valence-corrected chi connectivity index (χ4v) is 2.34. The van der Waals surface area contributed by atoms with Gasteiger partial charge >= 0.3 is 5.76 Å². The Hall–Kier alpha value is -1.94. The number of carbonyl (C=O) groups is 1. The summed E-state index contributed by atoms with van der Waals surface area (Å²) in [5.41, 5.74) is 5.71. The largest absolute Gasteiger partial charge is 0.542 e. The normalized spacial score (nSPS) is 10.1. The van der Waals surface area contributed by atoms with E-state index in [4.69, 9.17) is 33.7 Å². The second-order valence-electron chi connectivity index (χ2n) is 4.60. The Labute approximate surface area is 181 Å². The molecule has 2 heterocycles. The van der Waals surface area contributed by atoms with E-state index in [1.807, 2.05) is 0 Å². The molecule has 0 spiro atoms. The molecule has 0 bridgehead atoms. The van der Waals surface area contributed by atoms with Gasteiger partial charge in [0.05, 0.1) is 10.0 Å². The van der Waals surface area contributed by atoms with Crippen LogP contribution in [0.25, 0.3) is 0 Å². The molecule has 3 aromatic rings. The summed E-state index contributed by atoms with van der Waals surface area (Å²) in [4.78, 5) is 28.7. The standard InChI is InChI=1S/C14H8Cl2N5O4.Y/c15-8-3-6(19-13(22)12-20-14(23)25-21-12)4-9(16)11(8)24-7-1-2-10(17)18-5-7;/h1,3-5H,(H2,17,18)(H,19,22)(H,20,21,23);/q-1;. The Kier molecular flexibility index (Phi) is 6.77. The number of rotatable bonds is 4. The van der Waals surface area contributed by atoms with Crippen molar-refractivity contribution in [2.24, 2.45) is 0 Å². The molecule has 9 nitrogen and oxygen atoms in total. The third kappa shape index (κ3) is 4.82. The number of hydrogen-bond donors (Lipinski definition) is 3. The molecule has 0 atom stereocenters. The molecule has 0 aliphatic rings. The fourth-order valence-electron chi connectivity index (χ4n) is 1.77. The molecule has 26 heavy (non-hydrogen) atoms. The van der Waals surface area contributed by atoms with Crippen LogP contribution >= 0.6 is 23.2 Å². The Morgan fingerprint density at radius 1 is 1.35 bits per heavy atom. The molecule has 1 amide bonds. The smallest absolute Gasteiger partial charge is 0.439 e. The topological polar surface area (TPSA) is 136 Å². The number of nitrogens with two attached hydrogens (primary N) is 1. The molecule has 0 unspecified atom stereocenters. The Balaban J connectivity index is 0.00000243. The van der Waals surface area contributed by atoms with Gasteiger partial charge in [-0.25, -0.2) is 10.9 Å². The minimum atomic E-state index is -0.848. The molecule has 0 saturated carbocycles. The van der Waals surface area contributed by atoms with E-state index in [1.165, 1.54) is 24.4 Å². The number of aromatic amines is 1. The van der Waals surface area contributed by atoms with Crippen LogP contribution in [0, 0.1) is 6.07 Å². The van der Waals surface area contributed by atoms with Gasteiger partial charge in [0.1, 0.15) is 5.75 Å². The van der Waals surface area contributed by atoms with Crippen LogP contribution in [-0.4, -0.2) is 21.0 Å². The van der Waals surface area contributed by atoms with Gasteiger partial charge in [0, 0.05) is 44.2 Å². The van der Waals surface area contributed by atoms with Gasteiger partial charge in [-0.15, -0.1) is 0 Å². The monoisotopic (exact) mass is 469 g/mol. The van der Waals surface area contributed by atoms with Gasteiger partial charge in [0.2, 0.25) is 5.82 Å². The maximum Gasteiger partial charge on any atom is 0.439 e. The van der Waals surface area contributed by atoms with Crippen LogP contribution in [0.3, 0.4) is 0 Å². The summed E-state index contributed by atoms with van der Waals surface area (Å²) in [7, 11) is 0. The molecule has 1 aromatic carbocycles. The predicted octanol–water partition coefficient (Wildman–Crippen LogP) is 2.49. The number of hydrogen-bond acceptors (Lipinski definition) is 7. The molecule has 4 N–H and O–H groups in total. The number of nitrogens with one attached hydrogen (secondary N) is 2. The summed E-state index contributed by atoms with van der Waals surface area (Å²) in [6.07, 6.45) is 1.38. The molecule has 3 rings (SSSR count). The predicted molar refractivity (Wildman–Crippen MR) is 89.1 cm³/mol. The van der Waals surface area contributed by atoms with Gasteiger partial charge in [-0.3, -0.25) is 19.3 Å². The summed E-state index contributed by atoms with van der Waals surface area (Å²) in [6, 6.07) is 6.97. The minimum Gasteiger partial charge on any atom is -0.542 e. The first-order valence-electron chi connectivity index (χ1n) is 6.60. The van der Waals surface area contributed by atoms with E-state index in [2.05, 4.69) is 31.0 Å². The average molecular weight is 470 g/mol. The van der Waals surface area contributed by atoms with Gasteiger partial charge in [0.15, 0.2) is 0 Å². The van der Waals surface area contributed by atoms with Crippen molar-refractivity contribution in [2.45, 2.75) is 0 Å². The molecular weight excluding hydrogens is 462 g/mol. The number of H-pyrrole nitrogens is 1. The fraction of sp³-hybridized carbons (Fsp3) is 0. The van der Waals surface area contributed by atoms with Crippen molar-refractivity contribution in [3.63, 3.8) is 0 Å². The van der Waals surface area contributed by atoms with Crippen molar-refractivity contribution in [1.29, 1.82) is 0 Å². The van der Waals surface area contributed by atoms with E-state index in [9.17, 15) is 9.59 Å². The number of benzene rings is 1. The Bertz CT molecular complexity index is 966. The number of ether oxygens (including phenoxy) is 1. The van der Waals surface area contributed by atoms with Crippen LogP contribution in [0.4, 0.5) is 11.5 Å². The number of amides is 1. The zero-order valence-electron chi connectivity index (χ0n) is 12.7. The molecule has 131 valence electrons. The molecule has 2 aromatic heterocycles. The molecule has 0 aliphatic heterocycles. The van der Waals surface area contributed by atoms with E-state index in [1.54, 1.807) is 0 Å². The maximum absolute atomic E-state index is 11.9. The van der Waals surface area contributed by atoms with E-state index < -0.39 is 11.7 Å². The average Bonchev–Trinajstić information content (AvgIpc) is 2.99. The van der Waals surface area contributed by atoms with E-state index in [0.29, 0.717) is 5.75 Å². The van der Waals surface area contributed by atoms with Crippen LogP contribution in [0.2, 0.25) is 10.0 Å². The van der Waals surface area contributed by atoms with Crippen molar-refractivity contribution in [3.8, 4) is 11.5 Å². The summed E-state index contributed by atoms with van der Waals surface area (Å²) >= 11 is 12.3. The van der Waals surface area contributed by atoms with Gasteiger partial charge in [-0.2, -0.15) is 6.07 Å². The second kappa shape index (κ2) is 8.63. The van der Waals surface area contributed by atoms with Gasteiger partial charge in [-0.05, 0) is 29.2 Å². The van der Waals surface area contributed by atoms with E-state index >= 15 is 0 Å². The molecule has 0 fully saturated rings. The Morgan fingerprint density at radius 2 is 2.04 bits per heavy atom. The quantitative estimate of drug-likeness (QED) is 0.499. The SMILES string of the molecule is Nc1[c-]cc(Oc2c(Cl)cc(NC(=O)c3noc(=O)[nH]3)cc2Cl)cn1.[Y]. The Morgan fingerprint density at radius 3 is 2.58 bits per heavy atom. The zero-order valence-corrected chi connectivity index (χ0v) is 17.1. The van der Waals surface area contributed by atoms with Gasteiger partial charge in [-0.1, -0.05) is 23.2 Å². The molecular formula is C14H8Cl2N5O4Y-. The van der Waals surface area contributed by atoms with Crippen molar-refractivity contribution < 1.29 is 46.8 Å². The number of nitrogens with zero attached hydrogens (tertiary/aromatic N) is 2. The summed E-state index contributed by atoms with van der Waals surface area (Å²) in [6.45, 7) is 0. The maximum atomic E-state index is 11.9. The number of halogens is 2. The van der Waals surface area contributed by atoms with Crippen LogP contribution < -0.4 is 21.5 Å². The summed E-state index contributed by atoms with van der Waals surface area (Å²) in [5.74, 6) is -1.14. The number of aromatic nitrogens is 3. The number of pyridine rings is 1. The minimum absolute atomic E-state index is 0. The first kappa shape index (κ1) is 20.4. The molecule has 12 heteroatoms. The first-order valence-corrected chi connectivity index (χ1v) is 7.35.